The number of aliphatic hydroxyl groups is 1. The molecular formula is C48H85NO9P+. The van der Waals surface area contributed by atoms with Crippen molar-refractivity contribution in [2.24, 2.45) is 0 Å². The molecule has 0 saturated heterocycles. The smallest absolute Gasteiger partial charge is 0.462 e. The van der Waals surface area contributed by atoms with Crippen LogP contribution in [0.25, 0.3) is 0 Å². The summed E-state index contributed by atoms with van der Waals surface area (Å²) in [5.41, 5.74) is 0. The highest BCUT2D eigenvalue weighted by atomic mass is 31.2. The highest BCUT2D eigenvalue weighted by molar-refractivity contribution is 7.47. The van der Waals surface area contributed by atoms with Gasteiger partial charge in [0.05, 0.1) is 33.9 Å². The Bertz CT molecular complexity index is 1250. The number of hydrogen-bond acceptors (Lipinski definition) is 8. The third-order valence-electron chi connectivity index (χ3n) is 9.30. The van der Waals surface area contributed by atoms with Crippen LogP contribution in [0, 0.1) is 0 Å². The normalized spacial score (nSPS) is 14.8. The Labute approximate surface area is 360 Å². The topological polar surface area (TPSA) is 129 Å². The van der Waals surface area contributed by atoms with Crippen LogP contribution in [0.5, 0.6) is 0 Å². The van der Waals surface area contributed by atoms with Gasteiger partial charge in [0.25, 0.3) is 0 Å². The molecule has 0 bridgehead atoms. The maximum atomic E-state index is 12.7. The lowest BCUT2D eigenvalue weighted by Gasteiger charge is -2.24. The lowest BCUT2D eigenvalue weighted by Crippen LogP contribution is -2.37. The van der Waals surface area contributed by atoms with Crippen LogP contribution in [0.2, 0.25) is 0 Å². The molecule has 59 heavy (non-hydrogen) atoms. The van der Waals surface area contributed by atoms with Gasteiger partial charge in [-0.3, -0.25) is 18.6 Å². The molecule has 0 aromatic rings. The zero-order valence-corrected chi connectivity index (χ0v) is 38.7. The van der Waals surface area contributed by atoms with Gasteiger partial charge in [0.15, 0.2) is 6.10 Å². The third kappa shape index (κ3) is 43.3. The number of ether oxygens (including phenoxy) is 2. The molecule has 3 atom stereocenters. The van der Waals surface area contributed by atoms with Gasteiger partial charge in [-0.15, -0.1) is 0 Å². The SMILES string of the molecule is CC/C=C\C/C=C\CC(O)/C=C/C=C\C/C=C\CCCC(=O)OC[C@H](COP(=O)(O)OCC[N+](C)(C)C)OC(=O)CCCCCCCCC/C=C\CCCCCCCC. The highest BCUT2D eigenvalue weighted by Crippen LogP contribution is 2.43. The van der Waals surface area contributed by atoms with Crippen molar-refractivity contribution in [1.29, 1.82) is 0 Å². The summed E-state index contributed by atoms with van der Waals surface area (Å²) >= 11 is 0. The molecule has 0 aromatic carbocycles. The Morgan fingerprint density at radius 3 is 1.85 bits per heavy atom. The van der Waals surface area contributed by atoms with Gasteiger partial charge >= 0.3 is 19.8 Å². The lowest BCUT2D eigenvalue weighted by atomic mass is 10.1. The van der Waals surface area contributed by atoms with E-state index in [4.69, 9.17) is 18.5 Å². The molecule has 0 spiro atoms. The zero-order chi connectivity index (χ0) is 43.7. The number of esters is 2. The Morgan fingerprint density at radius 1 is 0.627 bits per heavy atom. The van der Waals surface area contributed by atoms with Crippen LogP contribution in [0.3, 0.4) is 0 Å². The number of carbonyl (C=O) groups is 2. The molecule has 11 heteroatoms. The van der Waals surface area contributed by atoms with Gasteiger partial charge in [-0.1, -0.05) is 151 Å². The van der Waals surface area contributed by atoms with Gasteiger partial charge in [0.1, 0.15) is 19.8 Å². The summed E-state index contributed by atoms with van der Waals surface area (Å²) in [7, 11) is 1.40. The van der Waals surface area contributed by atoms with E-state index >= 15 is 0 Å². The first kappa shape index (κ1) is 56.4. The molecule has 0 amide bonds. The average molecular weight is 851 g/mol. The number of carbonyl (C=O) groups excluding carboxylic acids is 2. The number of phosphoric ester groups is 1. The molecule has 0 rings (SSSR count). The predicted octanol–water partition coefficient (Wildman–Crippen LogP) is 12.0. The Balaban J connectivity index is 4.51. The summed E-state index contributed by atoms with van der Waals surface area (Å²) in [6.07, 6.45) is 45.6. The molecule has 0 fully saturated rings. The second-order valence-electron chi connectivity index (χ2n) is 16.2. The first-order chi connectivity index (χ1) is 28.4. The van der Waals surface area contributed by atoms with Crippen LogP contribution in [-0.4, -0.2) is 86.1 Å². The fourth-order valence-electron chi connectivity index (χ4n) is 5.72. The minimum atomic E-state index is -4.41. The largest absolute Gasteiger partial charge is 0.472 e. The van der Waals surface area contributed by atoms with Gasteiger partial charge in [-0.25, -0.2) is 4.57 Å². The first-order valence-corrected chi connectivity index (χ1v) is 24.3. The number of unbranched alkanes of at least 4 members (excludes halogenated alkanes) is 14. The van der Waals surface area contributed by atoms with E-state index in [1.807, 2.05) is 57.6 Å². The molecule has 10 nitrogen and oxygen atoms in total. The van der Waals surface area contributed by atoms with E-state index in [0.717, 1.165) is 44.9 Å². The minimum Gasteiger partial charge on any atom is -0.462 e. The van der Waals surface area contributed by atoms with Crippen molar-refractivity contribution in [2.45, 2.75) is 174 Å². The summed E-state index contributed by atoms with van der Waals surface area (Å²) in [4.78, 5) is 35.4. The van der Waals surface area contributed by atoms with Crippen molar-refractivity contribution in [3.63, 3.8) is 0 Å². The maximum absolute atomic E-state index is 12.7. The van der Waals surface area contributed by atoms with Crippen molar-refractivity contribution in [2.75, 3.05) is 47.5 Å². The lowest BCUT2D eigenvalue weighted by molar-refractivity contribution is -0.870. The molecule has 0 heterocycles. The van der Waals surface area contributed by atoms with Gasteiger partial charge in [-0.05, 0) is 70.6 Å². The monoisotopic (exact) mass is 851 g/mol. The number of nitrogens with zero attached hydrogens (tertiary/aromatic N) is 1. The second-order valence-corrected chi connectivity index (χ2v) is 17.7. The Hall–Kier alpha value is -2.59. The molecule has 0 aliphatic heterocycles. The predicted molar refractivity (Wildman–Crippen MR) is 244 cm³/mol. The van der Waals surface area contributed by atoms with Crippen LogP contribution in [0.4, 0.5) is 0 Å². The molecule has 0 aliphatic rings. The fraction of sp³-hybridized carbons (Fsp3) is 0.708. The number of aliphatic hydroxyl groups excluding tert-OH is 1. The molecule has 0 aliphatic carbocycles. The van der Waals surface area contributed by atoms with Crippen LogP contribution >= 0.6 is 7.82 Å². The van der Waals surface area contributed by atoms with Gasteiger partial charge in [0.2, 0.25) is 0 Å². The molecule has 0 radical (unpaired) electrons. The summed E-state index contributed by atoms with van der Waals surface area (Å²) in [6, 6.07) is 0. The van der Waals surface area contributed by atoms with Crippen molar-refractivity contribution >= 4 is 19.8 Å². The quantitative estimate of drug-likeness (QED) is 0.0155. The minimum absolute atomic E-state index is 0.00873. The first-order valence-electron chi connectivity index (χ1n) is 22.8. The summed E-state index contributed by atoms with van der Waals surface area (Å²) in [5, 5.41) is 10.0. The highest BCUT2D eigenvalue weighted by Gasteiger charge is 2.27. The molecule has 2 N–H and O–H groups in total. The Kier molecular flexibility index (Phi) is 37.8. The van der Waals surface area contributed by atoms with E-state index in [1.165, 1.54) is 64.2 Å². The van der Waals surface area contributed by atoms with E-state index in [9.17, 15) is 24.2 Å². The number of allylic oxidation sites excluding steroid dienone is 10. The number of rotatable bonds is 40. The third-order valence-corrected chi connectivity index (χ3v) is 10.3. The number of likely N-dealkylation sites (N-methyl/N-ethyl adjacent to an activating group) is 1. The summed E-state index contributed by atoms with van der Waals surface area (Å²) in [6.45, 7) is 4.13. The van der Waals surface area contributed by atoms with Crippen LogP contribution in [-0.2, 0) is 32.7 Å². The fourth-order valence-corrected chi connectivity index (χ4v) is 6.46. The summed E-state index contributed by atoms with van der Waals surface area (Å²) in [5.74, 6) is -0.916. The number of quaternary nitrogens is 1. The molecule has 0 aromatic heterocycles. The molecule has 0 saturated carbocycles. The Morgan fingerprint density at radius 2 is 1.19 bits per heavy atom. The number of hydrogen-bond donors (Lipinski definition) is 2. The van der Waals surface area contributed by atoms with Crippen molar-refractivity contribution in [3.05, 3.63) is 72.9 Å². The molecular weight excluding hydrogens is 765 g/mol. The van der Waals surface area contributed by atoms with Crippen molar-refractivity contribution in [3.8, 4) is 0 Å². The van der Waals surface area contributed by atoms with E-state index in [0.29, 0.717) is 36.7 Å². The van der Waals surface area contributed by atoms with Gasteiger partial charge in [-0.2, -0.15) is 0 Å². The maximum Gasteiger partial charge on any atom is 0.472 e. The number of phosphoric acid groups is 1. The zero-order valence-electron chi connectivity index (χ0n) is 37.8. The molecule has 340 valence electrons. The average Bonchev–Trinajstić information content (AvgIpc) is 3.18. The molecule has 2 unspecified atom stereocenters. The van der Waals surface area contributed by atoms with E-state index in [1.54, 1.807) is 6.08 Å². The van der Waals surface area contributed by atoms with Crippen molar-refractivity contribution < 1.29 is 47.2 Å². The van der Waals surface area contributed by atoms with E-state index in [2.05, 4.69) is 44.2 Å². The standard InChI is InChI=1S/C48H84NO9P/c1-6-8-10-12-14-15-16-17-18-19-20-21-22-23-28-32-36-40-48(52)58-46(44-57-59(53,54)56-42-41-49(3,4)5)43-55-47(51)39-35-31-27-25-24-26-30-34-38-45(50)37-33-29-13-11-9-7-2/h9,11,17-18,25-27,29-30,33-34,38,45-46,50H,6-8,10,12-16,19-24,28,31-32,35-37,39-44H2,1-5H3/p+1/b11-9-,18-17-,27-25-,30-26-,33-29-,38-34+/t45?,46-/m1/s1. The van der Waals surface area contributed by atoms with Gasteiger partial charge < -0.3 is 24.0 Å². The van der Waals surface area contributed by atoms with E-state index in [-0.39, 0.29) is 26.1 Å². The van der Waals surface area contributed by atoms with Crippen LogP contribution in [0.1, 0.15) is 162 Å². The second kappa shape index (κ2) is 39.5. The van der Waals surface area contributed by atoms with Crippen molar-refractivity contribution in [1.82, 2.24) is 0 Å². The van der Waals surface area contributed by atoms with E-state index < -0.39 is 38.6 Å². The van der Waals surface area contributed by atoms with Gasteiger partial charge in [0, 0.05) is 12.8 Å². The van der Waals surface area contributed by atoms with Crippen LogP contribution < -0.4 is 0 Å². The van der Waals surface area contributed by atoms with Crippen LogP contribution in [0.15, 0.2) is 72.9 Å². The summed E-state index contributed by atoms with van der Waals surface area (Å²) < 4.78 is 34.2.